The van der Waals surface area contributed by atoms with E-state index in [1.54, 1.807) is 11.8 Å². The average molecular weight is 290 g/mol. The molecule has 0 aliphatic heterocycles. The summed E-state index contributed by atoms with van der Waals surface area (Å²) in [5.74, 6) is 1.81. The third-order valence-corrected chi connectivity index (χ3v) is 4.69. The molecule has 0 aliphatic carbocycles. The molecule has 1 aromatic heterocycles. The smallest absolute Gasteiger partial charge is 0.195 e. The quantitative estimate of drug-likeness (QED) is 0.809. The van der Waals surface area contributed by atoms with Crippen LogP contribution in [0.25, 0.3) is 0 Å². The lowest BCUT2D eigenvalue weighted by atomic mass is 10.2. The molecule has 0 fully saturated rings. The fourth-order valence-electron chi connectivity index (χ4n) is 1.56. The van der Waals surface area contributed by atoms with Crippen molar-refractivity contribution in [1.82, 2.24) is 14.8 Å². The zero-order valence-corrected chi connectivity index (χ0v) is 12.7. The van der Waals surface area contributed by atoms with Crippen LogP contribution < -0.4 is 0 Å². The molecule has 4 nitrogen and oxygen atoms in total. The first-order chi connectivity index (χ1) is 9.17. The first-order valence-electron chi connectivity index (χ1n) is 5.87. The minimum Gasteiger partial charge on any atom is -0.309 e. The van der Waals surface area contributed by atoms with Gasteiger partial charge in [0.05, 0.1) is 5.56 Å². The lowest BCUT2D eigenvalue weighted by Crippen LogP contribution is -1.94. The third-order valence-electron chi connectivity index (χ3n) is 2.65. The lowest BCUT2D eigenvalue weighted by molar-refractivity contribution is 0.765. The predicted molar refractivity (Wildman–Crippen MR) is 77.4 cm³/mol. The molecule has 0 radical (unpaired) electrons. The molecule has 1 aromatic carbocycles. The van der Waals surface area contributed by atoms with Gasteiger partial charge in [-0.3, -0.25) is 0 Å². The molecule has 0 atom stereocenters. The Kier molecular flexibility index (Phi) is 4.51. The summed E-state index contributed by atoms with van der Waals surface area (Å²) in [6.45, 7) is 3.99. The first-order valence-corrected chi connectivity index (χ1v) is 7.67. The maximum atomic E-state index is 9.36. The van der Waals surface area contributed by atoms with Gasteiger partial charge in [0, 0.05) is 16.8 Å². The molecule has 0 aliphatic rings. The highest BCUT2D eigenvalue weighted by molar-refractivity contribution is 8.00. The van der Waals surface area contributed by atoms with Gasteiger partial charge in [0.25, 0.3) is 0 Å². The van der Waals surface area contributed by atoms with Gasteiger partial charge in [-0.2, -0.15) is 5.26 Å². The molecule has 0 unspecified atom stereocenters. The van der Waals surface area contributed by atoms with E-state index in [4.69, 9.17) is 0 Å². The van der Waals surface area contributed by atoms with Crippen LogP contribution >= 0.6 is 23.5 Å². The van der Waals surface area contributed by atoms with Gasteiger partial charge in [0.1, 0.15) is 11.9 Å². The average Bonchev–Trinajstić information content (AvgIpc) is 2.72. The Morgan fingerprint density at radius 1 is 1.32 bits per heavy atom. The van der Waals surface area contributed by atoms with Gasteiger partial charge >= 0.3 is 0 Å². The molecule has 2 aromatic rings. The van der Waals surface area contributed by atoms with Crippen LogP contribution in [-0.4, -0.2) is 20.5 Å². The van der Waals surface area contributed by atoms with Gasteiger partial charge in [-0.15, -0.1) is 22.0 Å². The van der Waals surface area contributed by atoms with Crippen molar-refractivity contribution in [3.63, 3.8) is 0 Å². The molecule has 98 valence electrons. The molecule has 0 amide bonds. The molecule has 0 N–H and O–H groups in total. The predicted octanol–water partition coefficient (Wildman–Crippen LogP) is 3.26. The van der Waals surface area contributed by atoms with E-state index in [2.05, 4.69) is 23.2 Å². The standard InChI is InChI=1S/C13H14N4S2/c1-4-18-11-6-5-7-12(10(11)8-14)19-13-16-15-9(2)17(13)3/h5-7H,4H2,1-3H3. The number of thioether (sulfide) groups is 1. The molecule has 0 bridgehead atoms. The summed E-state index contributed by atoms with van der Waals surface area (Å²) in [5.41, 5.74) is 0.722. The largest absolute Gasteiger partial charge is 0.309 e. The molecular formula is C13H14N4S2. The van der Waals surface area contributed by atoms with E-state index in [1.807, 2.05) is 36.7 Å². The Balaban J connectivity index is 2.38. The summed E-state index contributed by atoms with van der Waals surface area (Å²) in [4.78, 5) is 1.95. The van der Waals surface area contributed by atoms with Crippen LogP contribution in [0.4, 0.5) is 0 Å². The number of benzene rings is 1. The van der Waals surface area contributed by atoms with E-state index in [9.17, 15) is 5.26 Å². The second kappa shape index (κ2) is 6.13. The molecule has 0 spiro atoms. The Bertz CT molecular complexity index is 628. The van der Waals surface area contributed by atoms with Crippen molar-refractivity contribution in [2.24, 2.45) is 7.05 Å². The third kappa shape index (κ3) is 2.94. The topological polar surface area (TPSA) is 54.5 Å². The maximum absolute atomic E-state index is 9.36. The van der Waals surface area contributed by atoms with Crippen LogP contribution in [0, 0.1) is 18.3 Å². The van der Waals surface area contributed by atoms with Gasteiger partial charge in [0.2, 0.25) is 0 Å². The van der Waals surface area contributed by atoms with E-state index >= 15 is 0 Å². The van der Waals surface area contributed by atoms with E-state index in [-0.39, 0.29) is 0 Å². The van der Waals surface area contributed by atoms with Crippen molar-refractivity contribution in [3.8, 4) is 6.07 Å². The monoisotopic (exact) mass is 290 g/mol. The Morgan fingerprint density at radius 2 is 2.05 bits per heavy atom. The minimum absolute atomic E-state index is 0.722. The Morgan fingerprint density at radius 3 is 2.63 bits per heavy atom. The zero-order valence-electron chi connectivity index (χ0n) is 11.0. The molecule has 6 heteroatoms. The van der Waals surface area contributed by atoms with Gasteiger partial charge in [-0.05, 0) is 36.6 Å². The molecule has 0 saturated heterocycles. The van der Waals surface area contributed by atoms with Crippen LogP contribution in [0.3, 0.4) is 0 Å². The summed E-state index contributed by atoms with van der Waals surface area (Å²) >= 11 is 3.16. The summed E-state index contributed by atoms with van der Waals surface area (Å²) < 4.78 is 1.92. The van der Waals surface area contributed by atoms with Crippen molar-refractivity contribution < 1.29 is 0 Å². The number of hydrogen-bond acceptors (Lipinski definition) is 5. The van der Waals surface area contributed by atoms with Crippen molar-refractivity contribution in [3.05, 3.63) is 29.6 Å². The van der Waals surface area contributed by atoms with Crippen molar-refractivity contribution in [1.29, 1.82) is 5.26 Å². The van der Waals surface area contributed by atoms with Crippen molar-refractivity contribution >= 4 is 23.5 Å². The van der Waals surface area contributed by atoms with E-state index in [1.165, 1.54) is 11.8 Å². The number of aromatic nitrogens is 3. The maximum Gasteiger partial charge on any atom is 0.195 e. The molecule has 2 rings (SSSR count). The second-order valence-corrected chi connectivity index (χ2v) is 6.18. The number of rotatable bonds is 4. The summed E-state index contributed by atoms with van der Waals surface area (Å²) in [7, 11) is 1.92. The summed E-state index contributed by atoms with van der Waals surface area (Å²) in [6.07, 6.45) is 0. The second-order valence-electron chi connectivity index (χ2n) is 3.86. The number of nitriles is 1. The Hall–Kier alpha value is -1.45. The van der Waals surface area contributed by atoms with Gasteiger partial charge < -0.3 is 4.57 Å². The fraction of sp³-hybridized carbons (Fsp3) is 0.308. The van der Waals surface area contributed by atoms with E-state index in [0.717, 1.165) is 32.1 Å². The number of aryl methyl sites for hydroxylation is 1. The highest BCUT2D eigenvalue weighted by Crippen LogP contribution is 2.34. The van der Waals surface area contributed by atoms with Gasteiger partial charge in [-0.25, -0.2) is 0 Å². The van der Waals surface area contributed by atoms with Gasteiger partial charge in [0.15, 0.2) is 5.16 Å². The summed E-state index contributed by atoms with van der Waals surface area (Å²) in [5, 5.41) is 18.3. The normalized spacial score (nSPS) is 10.4. The highest BCUT2D eigenvalue weighted by atomic mass is 32.2. The van der Waals surface area contributed by atoms with Crippen LogP contribution in [0.2, 0.25) is 0 Å². The SMILES string of the molecule is CCSc1cccc(Sc2nnc(C)n2C)c1C#N. The fourth-order valence-corrected chi connectivity index (χ4v) is 3.36. The molecular weight excluding hydrogens is 276 g/mol. The molecule has 0 saturated carbocycles. The van der Waals surface area contributed by atoms with Gasteiger partial charge in [-0.1, -0.05) is 13.0 Å². The van der Waals surface area contributed by atoms with Crippen LogP contribution in [0.1, 0.15) is 18.3 Å². The van der Waals surface area contributed by atoms with Crippen LogP contribution in [0.15, 0.2) is 33.1 Å². The summed E-state index contributed by atoms with van der Waals surface area (Å²) in [6, 6.07) is 8.21. The highest BCUT2D eigenvalue weighted by Gasteiger charge is 2.13. The number of hydrogen-bond donors (Lipinski definition) is 0. The van der Waals surface area contributed by atoms with Crippen LogP contribution in [-0.2, 0) is 7.05 Å². The van der Waals surface area contributed by atoms with Crippen molar-refractivity contribution in [2.75, 3.05) is 5.75 Å². The Labute approximate surface area is 121 Å². The lowest BCUT2D eigenvalue weighted by Gasteiger charge is -2.07. The van der Waals surface area contributed by atoms with E-state index < -0.39 is 0 Å². The van der Waals surface area contributed by atoms with Crippen molar-refractivity contribution in [2.45, 2.75) is 28.8 Å². The number of nitrogens with zero attached hydrogens (tertiary/aromatic N) is 4. The van der Waals surface area contributed by atoms with E-state index in [0.29, 0.717) is 0 Å². The molecule has 1 heterocycles. The van der Waals surface area contributed by atoms with Crippen LogP contribution in [0.5, 0.6) is 0 Å². The molecule has 19 heavy (non-hydrogen) atoms. The minimum atomic E-state index is 0.722. The first kappa shape index (κ1) is 14.0. The zero-order chi connectivity index (χ0) is 13.8.